The second-order valence-electron chi connectivity index (χ2n) is 6.52. The lowest BCUT2D eigenvalue weighted by molar-refractivity contribution is -0.115. The summed E-state index contributed by atoms with van der Waals surface area (Å²) in [7, 11) is 1.84. The number of carbonyl (C=O) groups excluding carboxylic acids is 1. The van der Waals surface area contributed by atoms with E-state index in [0.29, 0.717) is 38.9 Å². The number of rotatable bonds is 7. The van der Waals surface area contributed by atoms with Crippen LogP contribution in [0.3, 0.4) is 0 Å². The zero-order chi connectivity index (χ0) is 21.1. The highest BCUT2D eigenvalue weighted by Gasteiger charge is 2.20. The van der Waals surface area contributed by atoms with Crippen molar-refractivity contribution in [2.24, 2.45) is 7.05 Å². The Hall–Kier alpha value is -2.91. The third-order valence-electron chi connectivity index (χ3n) is 4.40. The number of carbonyl (C=O) groups is 1. The van der Waals surface area contributed by atoms with E-state index < -0.39 is 0 Å². The van der Waals surface area contributed by atoms with E-state index in [1.54, 1.807) is 42.5 Å². The van der Waals surface area contributed by atoms with Crippen molar-refractivity contribution < 1.29 is 19.0 Å². The first-order chi connectivity index (χ1) is 14.5. The van der Waals surface area contributed by atoms with E-state index in [-0.39, 0.29) is 24.6 Å². The highest BCUT2D eigenvalue weighted by molar-refractivity contribution is 8.00. The summed E-state index contributed by atoms with van der Waals surface area (Å²) >= 11 is 7.19. The minimum Gasteiger partial charge on any atom is -0.486 e. The van der Waals surface area contributed by atoms with Crippen molar-refractivity contribution in [3.63, 3.8) is 0 Å². The molecule has 0 saturated carbocycles. The Bertz CT molecular complexity index is 1060. The van der Waals surface area contributed by atoms with Crippen molar-refractivity contribution in [2.75, 3.05) is 12.1 Å². The van der Waals surface area contributed by atoms with E-state index in [0.717, 1.165) is 0 Å². The molecule has 1 aliphatic rings. The first-order valence-corrected chi connectivity index (χ1v) is 10.4. The Kier molecular flexibility index (Phi) is 6.01. The largest absolute Gasteiger partial charge is 0.486 e. The summed E-state index contributed by atoms with van der Waals surface area (Å²) in [6, 6.07) is 12.4. The number of hydrogen-bond acceptors (Lipinski definition) is 7. The number of ether oxygens (including phenoxy) is 3. The Labute approximate surface area is 182 Å². The van der Waals surface area contributed by atoms with E-state index in [9.17, 15) is 4.79 Å². The number of benzene rings is 2. The molecule has 30 heavy (non-hydrogen) atoms. The molecular formula is C20H19ClN4O4S. The Morgan fingerprint density at radius 3 is 2.80 bits per heavy atom. The predicted molar refractivity (Wildman–Crippen MR) is 113 cm³/mol. The van der Waals surface area contributed by atoms with E-state index in [1.165, 1.54) is 11.8 Å². The van der Waals surface area contributed by atoms with Crippen LogP contribution in [-0.4, -0.2) is 32.7 Å². The molecule has 0 saturated heterocycles. The number of amides is 1. The highest BCUT2D eigenvalue weighted by Crippen LogP contribution is 2.34. The van der Waals surface area contributed by atoms with Crippen molar-refractivity contribution in [3.05, 3.63) is 53.3 Å². The average Bonchev–Trinajstić information content (AvgIpc) is 3.34. The number of nitrogens with one attached hydrogen (secondary N) is 1. The molecule has 2 heterocycles. The second kappa shape index (κ2) is 8.85. The van der Waals surface area contributed by atoms with Crippen LogP contribution in [0.5, 0.6) is 17.2 Å². The topological polar surface area (TPSA) is 87.5 Å². The summed E-state index contributed by atoms with van der Waals surface area (Å²) in [5, 5.41) is 12.1. The average molecular weight is 447 g/mol. The van der Waals surface area contributed by atoms with Crippen LogP contribution in [0.1, 0.15) is 12.7 Å². The fourth-order valence-electron chi connectivity index (χ4n) is 2.68. The molecule has 0 spiro atoms. The second-order valence-corrected chi connectivity index (χ2v) is 8.26. The zero-order valence-electron chi connectivity index (χ0n) is 16.3. The monoisotopic (exact) mass is 446 g/mol. The quantitative estimate of drug-likeness (QED) is 0.551. The molecule has 1 N–H and O–H groups in total. The van der Waals surface area contributed by atoms with Crippen molar-refractivity contribution in [2.45, 2.75) is 23.9 Å². The molecule has 1 atom stereocenters. The molecule has 10 heteroatoms. The Morgan fingerprint density at radius 1 is 1.23 bits per heavy atom. The molecule has 0 unspecified atom stereocenters. The van der Waals surface area contributed by atoms with E-state index >= 15 is 0 Å². The third kappa shape index (κ3) is 4.63. The molecule has 156 valence electrons. The maximum atomic E-state index is 12.6. The van der Waals surface area contributed by atoms with Crippen LogP contribution in [0.15, 0.2) is 47.6 Å². The number of hydrogen-bond donors (Lipinski definition) is 1. The minimum atomic E-state index is -0.386. The Morgan fingerprint density at radius 2 is 2.00 bits per heavy atom. The molecule has 2 aromatic carbocycles. The van der Waals surface area contributed by atoms with Crippen molar-refractivity contribution in [1.29, 1.82) is 0 Å². The number of nitrogens with zero attached hydrogens (tertiary/aromatic N) is 3. The molecule has 1 aliphatic heterocycles. The molecule has 1 amide bonds. The first kappa shape index (κ1) is 20.4. The van der Waals surface area contributed by atoms with Crippen molar-refractivity contribution in [3.8, 4) is 17.2 Å². The van der Waals surface area contributed by atoms with Gasteiger partial charge in [-0.05, 0) is 43.3 Å². The number of anilines is 1. The summed E-state index contributed by atoms with van der Waals surface area (Å²) in [4.78, 5) is 12.6. The van der Waals surface area contributed by atoms with E-state index in [1.807, 2.05) is 18.5 Å². The van der Waals surface area contributed by atoms with Gasteiger partial charge in [0.05, 0.1) is 5.25 Å². The summed E-state index contributed by atoms with van der Waals surface area (Å²) in [5.41, 5.74) is 0.645. The van der Waals surface area contributed by atoms with Crippen LogP contribution >= 0.6 is 23.4 Å². The molecule has 3 aromatic rings. The van der Waals surface area contributed by atoms with E-state index in [4.69, 9.17) is 25.8 Å². The van der Waals surface area contributed by atoms with Gasteiger partial charge in [-0.1, -0.05) is 23.4 Å². The molecule has 0 fully saturated rings. The van der Waals surface area contributed by atoms with Gasteiger partial charge in [0.25, 0.3) is 0 Å². The fraction of sp³-hybridized carbons (Fsp3) is 0.250. The molecule has 0 aliphatic carbocycles. The van der Waals surface area contributed by atoms with E-state index in [2.05, 4.69) is 15.5 Å². The number of aromatic nitrogens is 3. The highest BCUT2D eigenvalue weighted by atomic mass is 35.5. The van der Waals surface area contributed by atoms with Crippen LogP contribution in [0.4, 0.5) is 5.69 Å². The lowest BCUT2D eigenvalue weighted by Crippen LogP contribution is -2.22. The smallest absolute Gasteiger partial charge is 0.237 e. The van der Waals surface area contributed by atoms with Gasteiger partial charge in [0.1, 0.15) is 12.4 Å². The van der Waals surface area contributed by atoms with Gasteiger partial charge in [0, 0.05) is 23.8 Å². The van der Waals surface area contributed by atoms with Gasteiger partial charge in [0.2, 0.25) is 12.7 Å². The predicted octanol–water partition coefficient (Wildman–Crippen LogP) is 3.90. The maximum Gasteiger partial charge on any atom is 0.237 e. The summed E-state index contributed by atoms with van der Waals surface area (Å²) in [6.07, 6.45) is 0. The lowest BCUT2D eigenvalue weighted by atomic mass is 10.2. The molecule has 1 aromatic heterocycles. The van der Waals surface area contributed by atoms with Crippen molar-refractivity contribution in [1.82, 2.24) is 14.8 Å². The van der Waals surface area contributed by atoms with Crippen LogP contribution in [0.25, 0.3) is 0 Å². The summed E-state index contributed by atoms with van der Waals surface area (Å²) in [6.45, 7) is 2.25. The summed E-state index contributed by atoms with van der Waals surface area (Å²) < 4.78 is 18.1. The number of thioether (sulfide) groups is 1. The van der Waals surface area contributed by atoms with Gasteiger partial charge in [-0.15, -0.1) is 10.2 Å². The van der Waals surface area contributed by atoms with Crippen LogP contribution < -0.4 is 19.5 Å². The standard InChI is InChI=1S/C20H19ClN4O4S/c1-12(19(26)22-14-5-8-16-17(9-14)29-11-28-16)30-20-24-23-18(25(20)2)10-27-15-6-3-13(21)4-7-15/h3-9,12H,10-11H2,1-2H3,(H,22,26)/t12-/m0/s1. The summed E-state index contributed by atoms with van der Waals surface area (Å²) in [5.74, 6) is 2.47. The third-order valence-corrected chi connectivity index (χ3v) is 5.78. The maximum absolute atomic E-state index is 12.6. The number of fused-ring (bicyclic) bond motifs is 1. The molecule has 8 nitrogen and oxygen atoms in total. The van der Waals surface area contributed by atoms with Gasteiger partial charge in [-0.25, -0.2) is 0 Å². The van der Waals surface area contributed by atoms with Gasteiger partial charge in [0.15, 0.2) is 22.5 Å². The van der Waals surface area contributed by atoms with Gasteiger partial charge >= 0.3 is 0 Å². The molecule has 4 rings (SSSR count). The van der Waals surface area contributed by atoms with Crippen LogP contribution in [0.2, 0.25) is 5.02 Å². The minimum absolute atomic E-state index is 0.152. The van der Waals surface area contributed by atoms with Gasteiger partial charge < -0.3 is 24.1 Å². The zero-order valence-corrected chi connectivity index (χ0v) is 17.9. The van der Waals surface area contributed by atoms with Gasteiger partial charge in [-0.3, -0.25) is 4.79 Å². The molecule has 0 radical (unpaired) electrons. The molecular weight excluding hydrogens is 428 g/mol. The fourth-order valence-corrected chi connectivity index (χ4v) is 3.64. The lowest BCUT2D eigenvalue weighted by Gasteiger charge is -2.12. The van der Waals surface area contributed by atoms with Crippen molar-refractivity contribution >= 4 is 35.0 Å². The van der Waals surface area contributed by atoms with Crippen LogP contribution in [0, 0.1) is 0 Å². The first-order valence-electron chi connectivity index (χ1n) is 9.13. The van der Waals surface area contributed by atoms with Gasteiger partial charge in [-0.2, -0.15) is 0 Å². The molecule has 0 bridgehead atoms. The normalized spacial score (nSPS) is 13.2. The van der Waals surface area contributed by atoms with Crippen LogP contribution in [-0.2, 0) is 18.4 Å². The SMILES string of the molecule is C[C@H](Sc1nnc(COc2ccc(Cl)cc2)n1C)C(=O)Nc1ccc2c(c1)OCO2. The Balaban J connectivity index is 1.34. The number of halogens is 1.